The zero-order valence-corrected chi connectivity index (χ0v) is 21.7. The van der Waals surface area contributed by atoms with Gasteiger partial charge in [0.05, 0.1) is 36.6 Å². The second-order valence-electron chi connectivity index (χ2n) is 8.97. The second kappa shape index (κ2) is 14.4. The van der Waals surface area contributed by atoms with Crippen molar-refractivity contribution in [2.24, 2.45) is 0 Å². The monoisotopic (exact) mass is 522 g/mol. The van der Waals surface area contributed by atoms with E-state index in [-0.39, 0.29) is 11.3 Å². The fraction of sp³-hybridized carbons (Fsp3) is 0.444. The van der Waals surface area contributed by atoms with E-state index in [1.165, 1.54) is 18.5 Å². The molecule has 3 aromatic rings. The van der Waals surface area contributed by atoms with Crippen molar-refractivity contribution in [3.63, 3.8) is 0 Å². The van der Waals surface area contributed by atoms with Gasteiger partial charge in [-0.25, -0.2) is 14.4 Å². The van der Waals surface area contributed by atoms with Crippen LogP contribution in [0.4, 0.5) is 15.9 Å². The van der Waals surface area contributed by atoms with Crippen LogP contribution in [0.25, 0.3) is 10.9 Å². The molecule has 0 atom stereocenters. The van der Waals surface area contributed by atoms with E-state index in [1.54, 1.807) is 19.2 Å². The minimum Gasteiger partial charge on any atom is -0.493 e. The van der Waals surface area contributed by atoms with Crippen LogP contribution < -0.4 is 30.7 Å². The first-order chi connectivity index (χ1) is 18.7. The quantitative estimate of drug-likeness (QED) is 0.328. The fourth-order valence-corrected chi connectivity index (χ4v) is 4.26. The Labute approximate surface area is 222 Å². The van der Waals surface area contributed by atoms with Gasteiger partial charge in [0.1, 0.15) is 18.0 Å². The summed E-state index contributed by atoms with van der Waals surface area (Å²) >= 11 is 0. The number of hydrogen-bond acceptors (Lipinski definition) is 10. The molecule has 0 spiro atoms. The molecule has 1 aliphatic rings. The van der Waals surface area contributed by atoms with E-state index in [4.69, 9.17) is 14.7 Å². The molecule has 1 saturated heterocycles. The van der Waals surface area contributed by atoms with Crippen LogP contribution in [-0.2, 0) is 0 Å². The molecule has 4 N–H and O–H groups in total. The Morgan fingerprint density at radius 3 is 2.42 bits per heavy atom. The molecule has 0 unspecified atom stereocenters. The van der Waals surface area contributed by atoms with Gasteiger partial charge >= 0.3 is 0 Å². The van der Waals surface area contributed by atoms with Crippen LogP contribution >= 0.6 is 0 Å². The summed E-state index contributed by atoms with van der Waals surface area (Å²) in [5, 5.41) is 23.1. The molecule has 10 nitrogen and oxygen atoms in total. The number of fused-ring (bicyclic) bond motifs is 1. The Hall–Kier alpha value is -3.56. The van der Waals surface area contributed by atoms with E-state index in [9.17, 15) is 4.39 Å². The van der Waals surface area contributed by atoms with Gasteiger partial charge in [0.25, 0.3) is 0 Å². The van der Waals surface area contributed by atoms with Crippen molar-refractivity contribution >= 4 is 22.4 Å². The first-order valence-electron chi connectivity index (χ1n) is 12.9. The first kappa shape index (κ1) is 27.5. The lowest BCUT2D eigenvalue weighted by Gasteiger charge is -2.23. The minimum absolute atomic E-state index is 0.216. The molecule has 1 aliphatic heterocycles. The summed E-state index contributed by atoms with van der Waals surface area (Å²) in [4.78, 5) is 11.1. The third kappa shape index (κ3) is 7.72. The Bertz CT molecular complexity index is 1220. The SMILES string of the molecule is COc1cc2ncnc(Nc3ccc(C#N)cc3F)c2cc1OCCCN1CCNCCNCCNCC1. The highest BCUT2D eigenvalue weighted by Crippen LogP contribution is 2.35. The molecule has 0 bridgehead atoms. The Balaban J connectivity index is 1.41. The number of rotatable bonds is 8. The van der Waals surface area contributed by atoms with Gasteiger partial charge < -0.3 is 35.6 Å². The van der Waals surface area contributed by atoms with Gasteiger partial charge in [0.15, 0.2) is 11.5 Å². The molecule has 38 heavy (non-hydrogen) atoms. The zero-order chi connectivity index (χ0) is 26.6. The van der Waals surface area contributed by atoms with Crippen molar-refractivity contribution in [2.45, 2.75) is 6.42 Å². The smallest absolute Gasteiger partial charge is 0.162 e. The molecule has 1 aromatic heterocycles. The van der Waals surface area contributed by atoms with E-state index in [1.807, 2.05) is 12.1 Å². The van der Waals surface area contributed by atoms with Gasteiger partial charge in [-0.05, 0) is 30.7 Å². The fourth-order valence-electron chi connectivity index (χ4n) is 4.26. The number of methoxy groups -OCH3 is 1. The number of aromatic nitrogens is 2. The van der Waals surface area contributed by atoms with Crippen LogP contribution in [-0.4, -0.2) is 87.5 Å². The van der Waals surface area contributed by atoms with Gasteiger partial charge in [-0.15, -0.1) is 0 Å². The maximum absolute atomic E-state index is 14.5. The molecule has 0 radical (unpaired) electrons. The van der Waals surface area contributed by atoms with Crippen LogP contribution in [0.2, 0.25) is 0 Å². The summed E-state index contributed by atoms with van der Waals surface area (Å²) in [6, 6.07) is 9.79. The van der Waals surface area contributed by atoms with Crippen LogP contribution in [0, 0.1) is 17.1 Å². The Morgan fingerprint density at radius 2 is 1.74 bits per heavy atom. The van der Waals surface area contributed by atoms with Gasteiger partial charge in [-0.3, -0.25) is 0 Å². The van der Waals surface area contributed by atoms with E-state index >= 15 is 0 Å². The number of hydrogen-bond donors (Lipinski definition) is 4. The maximum Gasteiger partial charge on any atom is 0.162 e. The number of halogens is 1. The topological polar surface area (TPSA) is 119 Å². The van der Waals surface area contributed by atoms with E-state index in [0.717, 1.165) is 65.3 Å². The second-order valence-corrected chi connectivity index (χ2v) is 8.97. The van der Waals surface area contributed by atoms with Gasteiger partial charge in [0.2, 0.25) is 0 Å². The molecule has 4 rings (SSSR count). The van der Waals surface area contributed by atoms with E-state index in [2.05, 4.69) is 36.1 Å². The molecule has 202 valence electrons. The number of nitrogens with zero attached hydrogens (tertiary/aromatic N) is 4. The summed E-state index contributed by atoms with van der Waals surface area (Å²) in [5.41, 5.74) is 1.10. The third-order valence-electron chi connectivity index (χ3n) is 6.31. The van der Waals surface area contributed by atoms with Gasteiger partial charge in [-0.2, -0.15) is 5.26 Å². The van der Waals surface area contributed by atoms with Crippen LogP contribution in [0.15, 0.2) is 36.7 Å². The highest BCUT2D eigenvalue weighted by molar-refractivity contribution is 5.93. The largest absolute Gasteiger partial charge is 0.493 e. The minimum atomic E-state index is -0.537. The molecule has 1 fully saturated rings. The van der Waals surface area contributed by atoms with Crippen molar-refractivity contribution in [2.75, 3.05) is 77.9 Å². The van der Waals surface area contributed by atoms with E-state index < -0.39 is 5.82 Å². The summed E-state index contributed by atoms with van der Waals surface area (Å²) < 4.78 is 26.2. The summed E-state index contributed by atoms with van der Waals surface area (Å²) in [6.07, 6.45) is 2.26. The molecule has 0 amide bonds. The summed E-state index contributed by atoms with van der Waals surface area (Å²) in [5.74, 6) is 1.04. The lowest BCUT2D eigenvalue weighted by molar-refractivity contribution is 0.229. The van der Waals surface area contributed by atoms with Crippen molar-refractivity contribution in [1.82, 2.24) is 30.8 Å². The van der Waals surface area contributed by atoms with Gasteiger partial charge in [0, 0.05) is 70.4 Å². The molecule has 0 aliphatic carbocycles. The molecular weight excluding hydrogens is 487 g/mol. The van der Waals surface area contributed by atoms with Crippen LogP contribution in [0.1, 0.15) is 12.0 Å². The zero-order valence-electron chi connectivity index (χ0n) is 21.7. The van der Waals surface area contributed by atoms with Crippen molar-refractivity contribution in [3.05, 3.63) is 48.0 Å². The molecular formula is C27H35FN8O2. The molecule has 2 heterocycles. The lowest BCUT2D eigenvalue weighted by atomic mass is 10.2. The normalized spacial score (nSPS) is 15.7. The maximum atomic E-state index is 14.5. The average Bonchev–Trinajstić information content (AvgIpc) is 2.93. The highest BCUT2D eigenvalue weighted by atomic mass is 19.1. The third-order valence-corrected chi connectivity index (χ3v) is 6.31. The number of ether oxygens (including phenoxy) is 2. The Morgan fingerprint density at radius 1 is 1.00 bits per heavy atom. The van der Waals surface area contributed by atoms with Crippen LogP contribution in [0.3, 0.4) is 0 Å². The number of nitrogens with one attached hydrogen (secondary N) is 4. The molecule has 0 saturated carbocycles. The van der Waals surface area contributed by atoms with Crippen molar-refractivity contribution in [1.29, 1.82) is 5.26 Å². The van der Waals surface area contributed by atoms with Gasteiger partial charge in [-0.1, -0.05) is 0 Å². The number of anilines is 2. The predicted octanol–water partition coefficient (Wildman–Crippen LogP) is 2.25. The molecule has 2 aromatic carbocycles. The average molecular weight is 523 g/mol. The van der Waals surface area contributed by atoms with Crippen molar-refractivity contribution in [3.8, 4) is 17.6 Å². The highest BCUT2D eigenvalue weighted by Gasteiger charge is 2.14. The van der Waals surface area contributed by atoms with Crippen LogP contribution in [0.5, 0.6) is 11.5 Å². The number of nitriles is 1. The summed E-state index contributed by atoms with van der Waals surface area (Å²) in [6.45, 7) is 9.22. The standard InChI is InChI=1S/C27H35FN8O2/c1-37-25-17-24-21(27(34-19-33-24)35-23-4-3-20(18-29)15-22(23)28)16-26(25)38-14-2-11-36-12-9-31-7-5-30-6-8-32-10-13-36/h3-4,15-17,19,30-32H,2,5-14H2,1H3,(H,33,34,35). The van der Waals surface area contributed by atoms with E-state index in [0.29, 0.717) is 34.8 Å². The molecule has 11 heteroatoms. The predicted molar refractivity (Wildman–Crippen MR) is 146 cm³/mol. The first-order valence-corrected chi connectivity index (χ1v) is 12.9. The van der Waals surface area contributed by atoms with Crippen molar-refractivity contribution < 1.29 is 13.9 Å². The summed E-state index contributed by atoms with van der Waals surface area (Å²) in [7, 11) is 1.59. The lowest BCUT2D eigenvalue weighted by Crippen LogP contribution is -2.42. The number of benzene rings is 2. The Kier molecular flexibility index (Phi) is 10.4.